The fourth-order valence-electron chi connectivity index (χ4n) is 5.55. The van der Waals surface area contributed by atoms with Crippen LogP contribution in [0.25, 0.3) is 0 Å². The first-order valence-corrected chi connectivity index (χ1v) is 14.8. The van der Waals surface area contributed by atoms with Crippen molar-refractivity contribution in [1.82, 2.24) is 20.0 Å². The summed E-state index contributed by atoms with van der Waals surface area (Å²) in [6.45, 7) is 3.40. The van der Waals surface area contributed by atoms with Crippen molar-refractivity contribution in [2.24, 2.45) is 0 Å². The summed E-state index contributed by atoms with van der Waals surface area (Å²) in [6, 6.07) is 17.2. The molecule has 0 aliphatic carbocycles. The smallest absolute Gasteiger partial charge is 0.264 e. The zero-order valence-corrected chi connectivity index (χ0v) is 24.3. The minimum atomic E-state index is -0.649. The number of benzene rings is 2. The van der Waals surface area contributed by atoms with Gasteiger partial charge in [-0.15, -0.1) is 11.3 Å². The van der Waals surface area contributed by atoms with Crippen LogP contribution >= 0.6 is 11.3 Å². The molecule has 0 spiro atoms. The summed E-state index contributed by atoms with van der Waals surface area (Å²) in [4.78, 5) is 47.6. The Morgan fingerprint density at radius 2 is 1.78 bits per heavy atom. The molecule has 3 aromatic rings. The summed E-state index contributed by atoms with van der Waals surface area (Å²) in [6.07, 6.45) is 1.23. The van der Waals surface area contributed by atoms with E-state index in [-0.39, 0.29) is 30.3 Å². The summed E-state index contributed by atoms with van der Waals surface area (Å²) >= 11 is 1.36. The van der Waals surface area contributed by atoms with E-state index in [0.29, 0.717) is 48.0 Å². The number of amides is 3. The first-order valence-electron chi connectivity index (χ1n) is 13.9. The van der Waals surface area contributed by atoms with E-state index in [1.165, 1.54) is 11.3 Å². The Kier molecular flexibility index (Phi) is 9.21. The quantitative estimate of drug-likeness (QED) is 0.442. The molecule has 3 amide bonds. The average molecular weight is 577 g/mol. The van der Waals surface area contributed by atoms with Gasteiger partial charge in [0.25, 0.3) is 11.8 Å². The van der Waals surface area contributed by atoms with Crippen molar-refractivity contribution in [3.63, 3.8) is 0 Å². The molecule has 2 unspecified atom stereocenters. The number of nitrogens with zero attached hydrogens (tertiary/aromatic N) is 3. The first-order chi connectivity index (χ1) is 20.0. The Balaban J connectivity index is 1.48. The van der Waals surface area contributed by atoms with Crippen LogP contribution in [0.1, 0.15) is 38.4 Å². The normalized spacial score (nSPS) is 19.0. The lowest BCUT2D eigenvalue weighted by molar-refractivity contribution is -0.135. The Morgan fingerprint density at radius 1 is 0.976 bits per heavy atom. The van der Waals surface area contributed by atoms with Crippen LogP contribution in [0.15, 0.2) is 66.0 Å². The van der Waals surface area contributed by atoms with E-state index in [2.05, 4.69) is 5.32 Å². The van der Waals surface area contributed by atoms with Crippen molar-refractivity contribution in [2.45, 2.75) is 31.5 Å². The zero-order valence-electron chi connectivity index (χ0n) is 23.5. The summed E-state index contributed by atoms with van der Waals surface area (Å²) in [5.74, 6) is 0.956. The summed E-state index contributed by atoms with van der Waals surface area (Å²) in [5.41, 5.74) is 1.41. The van der Waals surface area contributed by atoms with Crippen molar-refractivity contribution >= 4 is 29.1 Å². The van der Waals surface area contributed by atoms with E-state index in [1.54, 1.807) is 54.4 Å². The number of hydrogen-bond donors (Lipinski definition) is 1. The van der Waals surface area contributed by atoms with Crippen molar-refractivity contribution in [1.29, 1.82) is 0 Å². The van der Waals surface area contributed by atoms with Gasteiger partial charge in [-0.3, -0.25) is 14.4 Å². The molecule has 216 valence electrons. The molecule has 5 rings (SSSR count). The highest BCUT2D eigenvalue weighted by Crippen LogP contribution is 2.30. The van der Waals surface area contributed by atoms with Gasteiger partial charge in [0, 0.05) is 38.3 Å². The second kappa shape index (κ2) is 13.2. The maximum Gasteiger partial charge on any atom is 0.264 e. The molecule has 2 aromatic carbocycles. The molecule has 3 heterocycles. The highest BCUT2D eigenvalue weighted by molar-refractivity contribution is 7.12. The lowest BCUT2D eigenvalue weighted by Crippen LogP contribution is -2.48. The van der Waals surface area contributed by atoms with Crippen molar-refractivity contribution in [2.75, 3.05) is 46.9 Å². The predicted octanol–water partition coefficient (Wildman–Crippen LogP) is 3.51. The van der Waals surface area contributed by atoms with Crippen molar-refractivity contribution in [3.8, 4) is 11.5 Å². The monoisotopic (exact) mass is 576 g/mol. The largest absolute Gasteiger partial charge is 0.497 e. The molecule has 1 N–H and O–H groups in total. The molecule has 0 bridgehead atoms. The topological polar surface area (TPSA) is 91.4 Å². The molecular weight excluding hydrogens is 540 g/mol. The van der Waals surface area contributed by atoms with E-state index in [9.17, 15) is 14.4 Å². The van der Waals surface area contributed by atoms with Crippen LogP contribution in [-0.2, 0) is 11.3 Å². The maximum absolute atomic E-state index is 14.1. The van der Waals surface area contributed by atoms with E-state index in [1.807, 2.05) is 40.6 Å². The van der Waals surface area contributed by atoms with Gasteiger partial charge in [-0.2, -0.15) is 0 Å². The zero-order chi connectivity index (χ0) is 28.8. The van der Waals surface area contributed by atoms with Crippen LogP contribution in [0.4, 0.5) is 0 Å². The van der Waals surface area contributed by atoms with Crippen molar-refractivity contribution < 1.29 is 23.9 Å². The minimum absolute atomic E-state index is 0.0562. The van der Waals surface area contributed by atoms with Gasteiger partial charge < -0.3 is 29.5 Å². The van der Waals surface area contributed by atoms with Crippen molar-refractivity contribution in [3.05, 3.63) is 82.0 Å². The van der Waals surface area contributed by atoms with Gasteiger partial charge in [-0.25, -0.2) is 0 Å². The number of nitrogens with one attached hydrogen (secondary N) is 1. The SMILES string of the molecule is COc1ccc(C(=O)N(Cc2cccc(OC)c2)C2CC(C(=O)N3CCCNCC3)N(C(=O)c3cccs3)C2)cc1. The number of methoxy groups -OCH3 is 2. The molecule has 2 fully saturated rings. The van der Waals surface area contributed by atoms with Gasteiger partial charge in [-0.1, -0.05) is 18.2 Å². The van der Waals surface area contributed by atoms with Gasteiger partial charge in [0.05, 0.1) is 25.1 Å². The standard InChI is InChI=1S/C31H36N4O5S/c1-39-25-11-9-23(10-12-25)29(36)34(20-22-6-3-7-26(18-22)40-2)24-19-27(30(37)33-15-5-13-32-14-16-33)35(21-24)31(38)28-8-4-17-41-28/h3-4,6-12,17-18,24,27,32H,5,13-16,19-21H2,1-2H3. The summed E-state index contributed by atoms with van der Waals surface area (Å²) in [5, 5.41) is 5.20. The Hall–Kier alpha value is -3.89. The van der Waals surface area contributed by atoms with Crippen LogP contribution < -0.4 is 14.8 Å². The third-order valence-corrected chi connectivity index (χ3v) is 8.59. The fraction of sp³-hybridized carbons (Fsp3) is 0.387. The number of likely N-dealkylation sites (tertiary alicyclic amines) is 1. The number of thiophene rings is 1. The number of carbonyl (C=O) groups is 3. The number of rotatable bonds is 8. The highest BCUT2D eigenvalue weighted by Gasteiger charge is 2.45. The fourth-order valence-corrected chi connectivity index (χ4v) is 6.23. The molecule has 2 atom stereocenters. The van der Waals surface area contributed by atoms with Gasteiger partial charge >= 0.3 is 0 Å². The van der Waals surface area contributed by atoms with Gasteiger partial charge in [0.2, 0.25) is 5.91 Å². The van der Waals surface area contributed by atoms with E-state index < -0.39 is 6.04 Å². The van der Waals surface area contributed by atoms with Gasteiger partial charge in [-0.05, 0) is 72.8 Å². The lowest BCUT2D eigenvalue weighted by Gasteiger charge is -2.29. The Morgan fingerprint density at radius 3 is 2.51 bits per heavy atom. The maximum atomic E-state index is 14.1. The van der Waals surface area contributed by atoms with Gasteiger partial charge in [0.1, 0.15) is 17.5 Å². The molecule has 2 aliphatic rings. The van der Waals surface area contributed by atoms with Crippen LogP contribution in [0, 0.1) is 0 Å². The molecule has 10 heteroatoms. The molecule has 0 saturated carbocycles. The van der Waals surface area contributed by atoms with Crippen LogP contribution in [0.3, 0.4) is 0 Å². The second-order valence-electron chi connectivity index (χ2n) is 10.3. The Labute approximate surface area is 244 Å². The predicted molar refractivity (Wildman–Crippen MR) is 157 cm³/mol. The molecule has 9 nitrogen and oxygen atoms in total. The summed E-state index contributed by atoms with van der Waals surface area (Å²) in [7, 11) is 3.19. The third kappa shape index (κ3) is 6.55. The molecular formula is C31H36N4O5S. The van der Waals surface area contributed by atoms with E-state index >= 15 is 0 Å². The number of ether oxygens (including phenoxy) is 2. The number of hydrogen-bond acceptors (Lipinski definition) is 7. The molecule has 2 aliphatic heterocycles. The minimum Gasteiger partial charge on any atom is -0.497 e. The molecule has 2 saturated heterocycles. The molecule has 0 radical (unpaired) electrons. The van der Waals surface area contributed by atoms with Crippen LogP contribution in [-0.4, -0.2) is 91.4 Å². The summed E-state index contributed by atoms with van der Waals surface area (Å²) < 4.78 is 10.7. The second-order valence-corrected chi connectivity index (χ2v) is 11.2. The van der Waals surface area contributed by atoms with Crippen LogP contribution in [0.5, 0.6) is 11.5 Å². The lowest BCUT2D eigenvalue weighted by atomic mass is 10.1. The Bertz CT molecular complexity index is 1340. The van der Waals surface area contributed by atoms with Crippen LogP contribution in [0.2, 0.25) is 0 Å². The van der Waals surface area contributed by atoms with E-state index in [4.69, 9.17) is 9.47 Å². The van der Waals surface area contributed by atoms with E-state index in [0.717, 1.165) is 25.1 Å². The first kappa shape index (κ1) is 28.6. The average Bonchev–Trinajstić information content (AvgIpc) is 3.64. The van der Waals surface area contributed by atoms with Gasteiger partial charge in [0.15, 0.2) is 0 Å². The third-order valence-electron chi connectivity index (χ3n) is 7.73. The highest BCUT2D eigenvalue weighted by atomic mass is 32.1. The molecule has 41 heavy (non-hydrogen) atoms. The molecule has 1 aromatic heterocycles. The number of carbonyl (C=O) groups excluding carboxylic acids is 3.